The first-order valence-corrected chi connectivity index (χ1v) is 20.1. The first kappa shape index (κ1) is 39.9. The van der Waals surface area contributed by atoms with Gasteiger partial charge < -0.3 is 23.7 Å². The number of hydrogen-bond donors (Lipinski definition) is 0. The summed E-state index contributed by atoms with van der Waals surface area (Å²) in [7, 11) is 0. The van der Waals surface area contributed by atoms with Gasteiger partial charge in [0.25, 0.3) is 0 Å². The predicted octanol–water partition coefficient (Wildman–Crippen LogP) is 9.31. The zero-order valence-corrected chi connectivity index (χ0v) is 33.0. The lowest BCUT2D eigenvalue weighted by Crippen LogP contribution is -2.67. The predicted molar refractivity (Wildman–Crippen MR) is 214 cm³/mol. The van der Waals surface area contributed by atoms with Crippen molar-refractivity contribution in [2.45, 2.75) is 83.0 Å². The largest absolute Gasteiger partial charge is 0.462 e. The van der Waals surface area contributed by atoms with Crippen LogP contribution in [0.1, 0.15) is 107 Å². The molecule has 9 heteroatoms. The Morgan fingerprint density at radius 2 is 1.05 bits per heavy atom. The lowest BCUT2D eigenvalue weighted by molar-refractivity contribution is -0.271. The molecule has 0 unspecified atom stereocenters. The van der Waals surface area contributed by atoms with Gasteiger partial charge in [-0.3, -0.25) is 0 Å². The van der Waals surface area contributed by atoms with Crippen LogP contribution >= 0.6 is 0 Å². The number of benzene rings is 4. The van der Waals surface area contributed by atoms with Crippen LogP contribution in [0.3, 0.4) is 0 Å². The Hall–Kier alpha value is -5.28. The number of carbonyl (C=O) groups is 4. The third kappa shape index (κ3) is 7.99. The van der Waals surface area contributed by atoms with E-state index in [0.717, 1.165) is 12.8 Å². The van der Waals surface area contributed by atoms with Crippen molar-refractivity contribution in [2.75, 3.05) is 19.8 Å². The number of fused-ring (bicyclic) bond motifs is 2. The molecule has 1 spiro atoms. The number of ether oxygens (including phenoxy) is 5. The van der Waals surface area contributed by atoms with Crippen LogP contribution in [0, 0.1) is 22.7 Å². The molecule has 4 aromatic carbocycles. The van der Waals surface area contributed by atoms with E-state index in [1.54, 1.807) is 84.9 Å². The maximum Gasteiger partial charge on any atom is 0.338 e. The van der Waals surface area contributed by atoms with Crippen molar-refractivity contribution < 1.29 is 42.9 Å². The van der Waals surface area contributed by atoms with E-state index in [-0.39, 0.29) is 31.7 Å². The molecule has 3 aliphatic rings. The molecule has 9 nitrogen and oxygen atoms in total. The lowest BCUT2D eigenvalue weighted by Gasteiger charge is -2.65. The Kier molecular flexibility index (Phi) is 11.7. The Morgan fingerprint density at radius 1 is 0.579 bits per heavy atom. The normalized spacial score (nSPS) is 29.1. The van der Waals surface area contributed by atoms with Gasteiger partial charge in [-0.15, -0.1) is 0 Å². The highest BCUT2D eigenvalue weighted by Crippen LogP contribution is 2.68. The summed E-state index contributed by atoms with van der Waals surface area (Å²) in [6.45, 7) is 6.72. The second-order valence-electron chi connectivity index (χ2n) is 16.6. The highest BCUT2D eigenvalue weighted by atomic mass is 16.6. The lowest BCUT2D eigenvalue weighted by atomic mass is 9.43. The van der Waals surface area contributed by atoms with E-state index in [0.29, 0.717) is 54.4 Å². The van der Waals surface area contributed by atoms with Gasteiger partial charge in [-0.2, -0.15) is 0 Å². The van der Waals surface area contributed by atoms with E-state index in [4.69, 9.17) is 23.7 Å². The summed E-state index contributed by atoms with van der Waals surface area (Å²) in [5.74, 6) is -1.68. The fourth-order valence-corrected chi connectivity index (χ4v) is 10.1. The molecule has 2 saturated carbocycles. The summed E-state index contributed by atoms with van der Waals surface area (Å²) in [6, 6.07) is 35.6. The van der Waals surface area contributed by atoms with Gasteiger partial charge in [0.15, 0.2) is 0 Å². The molecule has 1 heterocycles. The molecule has 4 aromatic rings. The van der Waals surface area contributed by atoms with Crippen LogP contribution in [-0.4, -0.2) is 61.0 Å². The summed E-state index contributed by atoms with van der Waals surface area (Å²) in [4.78, 5) is 53.4. The van der Waals surface area contributed by atoms with Gasteiger partial charge in [0.05, 0.1) is 34.5 Å². The van der Waals surface area contributed by atoms with Crippen LogP contribution in [0.5, 0.6) is 0 Å². The molecule has 2 aliphatic carbocycles. The summed E-state index contributed by atoms with van der Waals surface area (Å²) >= 11 is 0. The van der Waals surface area contributed by atoms with Gasteiger partial charge in [-0.25, -0.2) is 19.2 Å². The summed E-state index contributed by atoms with van der Waals surface area (Å²) in [6.07, 6.45) is 3.92. The zero-order chi connectivity index (χ0) is 40.1. The van der Waals surface area contributed by atoms with Gasteiger partial charge in [0.1, 0.15) is 24.9 Å². The standard InChI is InChI=1S/C48H52O9/c1-34-24-25-39-45(2,32-54-42(50)36-18-10-5-11-19-36)40(56-44(52)38-22-14-7-15-23-38)26-27-46(39,3)48(34)29-28-47(57-48,33-55-43(51)37-20-12-6-13-21-37)30-31-53-41(49)35-16-8-4-9-17-35/h4-23,34,39-40H,24-33H2,1-3H3/t34-,39-,40+,45+,46+,47-,48-/m1/s1. The topological polar surface area (TPSA) is 114 Å². The maximum absolute atomic E-state index is 13.6. The average molecular weight is 773 g/mol. The van der Waals surface area contributed by atoms with Crippen molar-refractivity contribution in [1.82, 2.24) is 0 Å². The summed E-state index contributed by atoms with van der Waals surface area (Å²) in [5, 5.41) is 0. The van der Waals surface area contributed by atoms with E-state index in [9.17, 15) is 19.2 Å². The van der Waals surface area contributed by atoms with Crippen molar-refractivity contribution in [2.24, 2.45) is 22.7 Å². The molecule has 7 rings (SSSR count). The monoisotopic (exact) mass is 772 g/mol. The SMILES string of the molecule is C[C@@H]1CC[C@@H]2[C@](C)(COC(=O)c3ccccc3)[C@@H](OC(=O)c3ccccc3)CC[C@]2(C)[C@@]12CC[C@@](CCOC(=O)c1ccccc1)(COC(=O)c1ccccc1)O2. The van der Waals surface area contributed by atoms with Crippen LogP contribution in [0.4, 0.5) is 0 Å². The van der Waals surface area contributed by atoms with E-state index in [1.807, 2.05) is 36.4 Å². The third-order valence-corrected chi connectivity index (χ3v) is 13.3. The Morgan fingerprint density at radius 3 is 1.58 bits per heavy atom. The minimum absolute atomic E-state index is 0.0118. The van der Waals surface area contributed by atoms with Crippen LogP contribution in [0.2, 0.25) is 0 Å². The Bertz CT molecular complexity index is 2020. The van der Waals surface area contributed by atoms with E-state index in [2.05, 4.69) is 20.8 Å². The highest BCUT2D eigenvalue weighted by Gasteiger charge is 2.70. The average Bonchev–Trinajstić information content (AvgIpc) is 3.64. The van der Waals surface area contributed by atoms with E-state index < -0.39 is 52.0 Å². The molecule has 0 N–H and O–H groups in total. The van der Waals surface area contributed by atoms with Crippen LogP contribution < -0.4 is 0 Å². The molecule has 1 saturated heterocycles. The molecule has 0 bridgehead atoms. The van der Waals surface area contributed by atoms with E-state index >= 15 is 0 Å². The number of esters is 4. The maximum atomic E-state index is 13.6. The highest BCUT2D eigenvalue weighted by molar-refractivity contribution is 5.91. The smallest absolute Gasteiger partial charge is 0.338 e. The molecule has 1 aliphatic heterocycles. The van der Waals surface area contributed by atoms with Gasteiger partial charge in [0.2, 0.25) is 0 Å². The number of rotatable bonds is 12. The van der Waals surface area contributed by atoms with Gasteiger partial charge in [-0.05, 0) is 98.9 Å². The molecule has 7 atom stereocenters. The fraction of sp³-hybridized carbons (Fsp3) is 0.417. The quantitative estimate of drug-likeness (QED) is 0.103. The van der Waals surface area contributed by atoms with Crippen molar-refractivity contribution in [3.05, 3.63) is 144 Å². The van der Waals surface area contributed by atoms with E-state index in [1.165, 1.54) is 0 Å². The Balaban J connectivity index is 1.18. The van der Waals surface area contributed by atoms with Crippen molar-refractivity contribution in [3.63, 3.8) is 0 Å². The fourth-order valence-electron chi connectivity index (χ4n) is 10.1. The zero-order valence-electron chi connectivity index (χ0n) is 33.0. The molecular formula is C48H52O9. The van der Waals surface area contributed by atoms with Gasteiger partial charge in [-0.1, -0.05) is 93.6 Å². The molecule has 3 fully saturated rings. The molecule has 57 heavy (non-hydrogen) atoms. The number of carbonyl (C=O) groups excluding carboxylic acids is 4. The van der Waals surface area contributed by atoms with Crippen LogP contribution in [0.15, 0.2) is 121 Å². The first-order valence-electron chi connectivity index (χ1n) is 20.1. The van der Waals surface area contributed by atoms with Crippen molar-refractivity contribution in [3.8, 4) is 0 Å². The molecule has 298 valence electrons. The molecule has 0 aromatic heterocycles. The second kappa shape index (κ2) is 16.7. The molecular weight excluding hydrogens is 721 g/mol. The van der Waals surface area contributed by atoms with Crippen LogP contribution in [-0.2, 0) is 23.7 Å². The van der Waals surface area contributed by atoms with Gasteiger partial charge >= 0.3 is 23.9 Å². The number of hydrogen-bond acceptors (Lipinski definition) is 9. The van der Waals surface area contributed by atoms with Crippen molar-refractivity contribution in [1.29, 1.82) is 0 Å². The first-order chi connectivity index (χ1) is 27.5. The molecule has 0 amide bonds. The molecule has 0 radical (unpaired) electrons. The minimum Gasteiger partial charge on any atom is -0.462 e. The van der Waals surface area contributed by atoms with Crippen LogP contribution in [0.25, 0.3) is 0 Å². The summed E-state index contributed by atoms with van der Waals surface area (Å²) in [5.41, 5.74) is -1.02. The third-order valence-electron chi connectivity index (χ3n) is 13.3. The summed E-state index contributed by atoms with van der Waals surface area (Å²) < 4.78 is 31.9. The Labute approximate surface area is 335 Å². The minimum atomic E-state index is -0.937. The van der Waals surface area contributed by atoms with Gasteiger partial charge in [0, 0.05) is 17.3 Å². The van der Waals surface area contributed by atoms with Crippen molar-refractivity contribution >= 4 is 23.9 Å². The second-order valence-corrected chi connectivity index (χ2v) is 16.6.